The summed E-state index contributed by atoms with van der Waals surface area (Å²) in [6.07, 6.45) is 14.8. The summed E-state index contributed by atoms with van der Waals surface area (Å²) >= 11 is 0. The van der Waals surface area contributed by atoms with Crippen LogP contribution in [-0.4, -0.2) is 121 Å². The molecule has 0 spiro atoms. The van der Waals surface area contributed by atoms with E-state index in [4.69, 9.17) is 17.2 Å². The van der Waals surface area contributed by atoms with E-state index in [1.165, 1.54) is 216 Å². The van der Waals surface area contributed by atoms with E-state index in [0.29, 0.717) is 0 Å². The second-order valence-corrected chi connectivity index (χ2v) is 39.0. The number of nitrogen functional groups attached to an aromatic ring is 3. The molecule has 15 aromatic rings. The Morgan fingerprint density at radius 3 is 0.396 bits per heavy atom. The molecule has 0 aromatic heterocycles. The molecule has 0 unspecified atom stereocenters. The molecule has 15 rings (SSSR count). The Labute approximate surface area is 896 Å². The van der Waals surface area contributed by atoms with E-state index in [1.807, 2.05) is 72.8 Å². The summed E-state index contributed by atoms with van der Waals surface area (Å²) < 4.78 is 0. The molecule has 784 valence electrons. The minimum absolute atomic E-state index is 0.748. The molecule has 11 N–H and O–H groups in total. The Balaban J connectivity index is 0.000000183. The molecule has 0 aliphatic rings. The largest absolute Gasteiger partial charge is 0.399 e. The lowest BCUT2D eigenvalue weighted by Gasteiger charge is -2.27. The zero-order chi connectivity index (χ0) is 106. The van der Waals surface area contributed by atoms with Crippen LogP contribution in [0.4, 0.5) is 154 Å². The van der Waals surface area contributed by atoms with Crippen LogP contribution in [-0.2, 0) is 0 Å². The summed E-state index contributed by atoms with van der Waals surface area (Å²) in [5.74, 6) is 0. The number of para-hydroxylation sites is 3. The van der Waals surface area contributed by atoms with Gasteiger partial charge in [0.15, 0.2) is 0 Å². The molecule has 0 bridgehead atoms. The number of nitrogens with zero attached hydrogens (tertiary/aromatic N) is 9. The third-order valence-corrected chi connectivity index (χ3v) is 27.9. The summed E-state index contributed by atoms with van der Waals surface area (Å²) in [6.45, 7) is 39.9. The van der Waals surface area contributed by atoms with Gasteiger partial charge in [0.1, 0.15) is 85.3 Å². The highest BCUT2D eigenvalue weighted by atomic mass is 15.2. The van der Waals surface area contributed by atoms with Crippen molar-refractivity contribution in [1.29, 1.82) is 0 Å². The average Bonchev–Trinajstić information content (AvgIpc) is 0.816. The highest BCUT2D eigenvalue weighted by Crippen LogP contribution is 2.32. The maximum atomic E-state index is 5.80. The first-order valence-electron chi connectivity index (χ1n) is 55.2. The normalized spacial score (nSPS) is 11.0. The van der Waals surface area contributed by atoms with Gasteiger partial charge >= 0.3 is 0 Å². The Hall–Kier alpha value is -14.3. The molecule has 0 radical (unpaired) electrons. The monoisotopic (exact) mass is 2000 g/mol. The fourth-order valence-electron chi connectivity index (χ4n) is 19.0. The molecular formula is C132H176N17+5. The van der Waals surface area contributed by atoms with Gasteiger partial charge in [-0.1, -0.05) is 135 Å². The fourth-order valence-corrected chi connectivity index (χ4v) is 19.0. The lowest BCUT2D eigenvalue weighted by Crippen LogP contribution is -2.96. The molecule has 0 aliphatic heterocycles. The predicted octanol–water partition coefficient (Wildman–Crippen LogP) is 28.0. The Morgan fingerprint density at radius 1 is 0.148 bits per heavy atom. The van der Waals surface area contributed by atoms with Gasteiger partial charge in [-0.05, 0) is 262 Å². The molecule has 0 saturated carbocycles. The van der Waals surface area contributed by atoms with Gasteiger partial charge in [0, 0.05) is 335 Å². The predicted molar refractivity (Wildman–Crippen MR) is 649 cm³/mol. The van der Waals surface area contributed by atoms with Gasteiger partial charge in [-0.2, -0.15) is 0 Å². The van der Waals surface area contributed by atoms with E-state index in [0.717, 1.165) is 118 Å². The number of hydrogen-bond acceptors (Lipinski definition) is 12. The molecule has 0 atom stereocenters. The van der Waals surface area contributed by atoms with Crippen molar-refractivity contribution in [2.75, 3.05) is 182 Å². The molecule has 0 aliphatic carbocycles. The molecule has 0 amide bonds. The molecule has 17 heteroatoms. The number of hydrogen-bond donors (Lipinski definition) is 8. The van der Waals surface area contributed by atoms with Crippen LogP contribution in [0.5, 0.6) is 0 Å². The van der Waals surface area contributed by atoms with Gasteiger partial charge < -0.3 is 61.3 Å². The number of benzene rings is 15. The Kier molecular flexibility index (Phi) is 47.4. The summed E-state index contributed by atoms with van der Waals surface area (Å²) in [4.78, 5) is 27.6. The van der Waals surface area contributed by atoms with E-state index in [1.54, 1.807) is 0 Å². The summed E-state index contributed by atoms with van der Waals surface area (Å²) in [6, 6.07) is 137. The quantitative estimate of drug-likeness (QED) is 0.0173. The first-order valence-corrected chi connectivity index (χ1v) is 55.2. The standard InChI is InChI=1S/C42H66N4.C30H42N4.C24H30N4.C18H18N4.C18H15N/c1-7-13-31-43(32-14-8-2)37-19-25-40(26-20-37)46(41-27-21-38(22-28-41)44(33-15-9-3)34-16-10-4)42-29-23-39(24-30-42)45(35-17-11-5)36-18-12-6;1-7-31(8-2)25-13-19-28(20-14-25)34(29-21-15-26(16-22-29)32(9-3)10-4)30-23-17-27(18-24-30)33(11-5)12-6;1-25(2)19-7-13-22(14-8-19)28(23-15-9-20(10-16-23)26(3)4)24-17-11-21(12-18-24)27(5)6;19-13-1-7-16(8-2-13)22(17-9-3-14(20)4-10-17)18-11-5-15(21)6-12-18;1-4-10-16(11-5-1)19(17-12-6-2-7-13-17)18-14-8-3-9-15-18/h19-30H,7-18,31-36H2,1-6H3;13-24H,7-12H2,1-6H3;7-18H,1-6H3;1-12H,19-21H2;1-15H/p+5. The van der Waals surface area contributed by atoms with Crippen LogP contribution in [0.25, 0.3) is 0 Å². The van der Waals surface area contributed by atoms with Gasteiger partial charge in [0.05, 0.1) is 0 Å². The number of nitrogens with two attached hydrogens (primary N) is 3. The SMILES string of the molecule is CCCCN(CCCC)c1ccc([NH+](c2ccc(N(CCCC)CCCC)cc2)c2ccc(N(CCCC)CCCC)cc2)cc1.CCN(CC)c1ccc([NH+](c2ccc(N(CC)CC)cc2)c2ccc(N(CC)CC)cc2)cc1.CN(C)c1ccc([NH+](c2ccc(N(C)C)cc2)c2ccc(N(C)C)cc2)cc1.Nc1ccc([NH+](c2ccc(N)cc2)c2ccc(N)cc2)cc1.c1ccc([NH+](c2ccccc2)c2ccccc2)cc1. The van der Waals surface area contributed by atoms with Crippen LogP contribution < -0.4 is 85.8 Å². The third-order valence-electron chi connectivity index (χ3n) is 27.9. The van der Waals surface area contributed by atoms with Crippen molar-refractivity contribution in [2.24, 2.45) is 0 Å². The summed E-state index contributed by atoms with van der Waals surface area (Å²) in [7, 11) is 12.4. The number of rotatable bonds is 48. The molecule has 17 nitrogen and oxygen atoms in total. The first-order chi connectivity index (χ1) is 72.6. The Bertz CT molecular complexity index is 5520. The highest BCUT2D eigenvalue weighted by molar-refractivity contribution is 5.65. The smallest absolute Gasteiger partial charge is 0.141 e. The van der Waals surface area contributed by atoms with Crippen LogP contribution in [0.1, 0.15) is 160 Å². The van der Waals surface area contributed by atoms with Crippen molar-refractivity contribution >= 4 is 154 Å². The maximum Gasteiger partial charge on any atom is 0.141 e. The number of nitrogens with one attached hydrogen (secondary N) is 5. The minimum atomic E-state index is 0.748. The second kappa shape index (κ2) is 61.5. The van der Waals surface area contributed by atoms with E-state index in [9.17, 15) is 0 Å². The molecule has 15 aromatic carbocycles. The van der Waals surface area contributed by atoms with Crippen LogP contribution in [0.3, 0.4) is 0 Å². The summed E-state index contributed by atoms with van der Waals surface area (Å²) in [5.41, 5.74) is 49.5. The second-order valence-electron chi connectivity index (χ2n) is 39.0. The zero-order valence-electron chi connectivity index (χ0n) is 93.1. The van der Waals surface area contributed by atoms with E-state index < -0.39 is 0 Å². The number of unbranched alkanes of at least 4 members (excludes halogenated alkanes) is 6. The van der Waals surface area contributed by atoms with Gasteiger partial charge in [-0.3, -0.25) is 0 Å². The van der Waals surface area contributed by atoms with Crippen LogP contribution in [0, 0.1) is 0 Å². The van der Waals surface area contributed by atoms with Crippen LogP contribution in [0.2, 0.25) is 0 Å². The molecule has 0 fully saturated rings. The van der Waals surface area contributed by atoms with Crippen molar-refractivity contribution in [3.8, 4) is 0 Å². The van der Waals surface area contributed by atoms with Crippen LogP contribution in [0.15, 0.2) is 382 Å². The molecule has 0 heterocycles. The molecule has 0 saturated heterocycles. The Morgan fingerprint density at radius 2 is 0.268 bits per heavy atom. The lowest BCUT2D eigenvalue weighted by atomic mass is 10.1. The van der Waals surface area contributed by atoms with Crippen molar-refractivity contribution in [3.05, 3.63) is 382 Å². The van der Waals surface area contributed by atoms with Gasteiger partial charge in [0.25, 0.3) is 0 Å². The van der Waals surface area contributed by atoms with E-state index >= 15 is 0 Å². The van der Waals surface area contributed by atoms with Gasteiger partial charge in [-0.25, -0.2) is 24.5 Å². The lowest BCUT2D eigenvalue weighted by molar-refractivity contribution is -0.681. The van der Waals surface area contributed by atoms with Crippen molar-refractivity contribution < 1.29 is 24.5 Å². The van der Waals surface area contributed by atoms with Gasteiger partial charge in [0.2, 0.25) is 0 Å². The minimum Gasteiger partial charge on any atom is -0.399 e. The topological polar surface area (TPSA) is 129 Å². The summed E-state index contributed by atoms with van der Waals surface area (Å²) in [5, 5.41) is 0. The van der Waals surface area contributed by atoms with Crippen LogP contribution >= 0.6 is 0 Å². The fraction of sp³-hybridized carbons (Fsp3) is 0.318. The zero-order valence-corrected chi connectivity index (χ0v) is 93.1. The third kappa shape index (κ3) is 33.9. The van der Waals surface area contributed by atoms with Crippen molar-refractivity contribution in [3.63, 3.8) is 0 Å². The van der Waals surface area contributed by atoms with E-state index in [-0.39, 0.29) is 0 Å². The van der Waals surface area contributed by atoms with Gasteiger partial charge in [-0.15, -0.1) is 0 Å². The van der Waals surface area contributed by atoms with Crippen molar-refractivity contribution in [2.45, 2.75) is 160 Å². The maximum absolute atomic E-state index is 5.80. The molecular weight excluding hydrogens is 1820 g/mol. The van der Waals surface area contributed by atoms with Crippen molar-refractivity contribution in [1.82, 2.24) is 0 Å². The number of quaternary nitrogens is 5. The highest BCUT2D eigenvalue weighted by Gasteiger charge is 2.28. The number of anilines is 12. The average molecular weight is 2000 g/mol. The first kappa shape index (κ1) is 115. The molecule has 149 heavy (non-hydrogen) atoms. The van der Waals surface area contributed by atoms with E-state index in [2.05, 4.69) is 479 Å².